The first kappa shape index (κ1) is 20.2. The number of carbonyl (C=O) groups is 3. The van der Waals surface area contributed by atoms with Crippen molar-refractivity contribution in [2.75, 3.05) is 45.8 Å². The van der Waals surface area contributed by atoms with Gasteiger partial charge >= 0.3 is 0 Å². The van der Waals surface area contributed by atoms with E-state index < -0.39 is 0 Å². The van der Waals surface area contributed by atoms with Crippen molar-refractivity contribution in [1.29, 1.82) is 0 Å². The van der Waals surface area contributed by atoms with E-state index in [4.69, 9.17) is 0 Å². The summed E-state index contributed by atoms with van der Waals surface area (Å²) in [4.78, 5) is 45.6. The lowest BCUT2D eigenvalue weighted by Gasteiger charge is -2.35. The minimum atomic E-state index is -0.0761. The molecule has 144 valence electrons. The third-order valence-electron chi connectivity index (χ3n) is 5.14. The standard InChI is InChI=1S/C19H30N4O3/c1-6-22(7-2)16(25)12-21-8-10-23(11-9-21)19(26)18-13(3)17(15(5)24)14(4)20-18/h20H,6-12H2,1-5H3. The molecular formula is C19H30N4O3. The molecule has 7 heteroatoms. The van der Waals surface area contributed by atoms with Crippen molar-refractivity contribution >= 4 is 17.6 Å². The smallest absolute Gasteiger partial charge is 0.270 e. The molecule has 26 heavy (non-hydrogen) atoms. The number of aromatic amines is 1. The van der Waals surface area contributed by atoms with Crippen LogP contribution in [0.5, 0.6) is 0 Å². The molecule has 0 spiro atoms. The fourth-order valence-electron chi connectivity index (χ4n) is 3.63. The van der Waals surface area contributed by atoms with Gasteiger partial charge in [0.2, 0.25) is 5.91 Å². The summed E-state index contributed by atoms with van der Waals surface area (Å²) in [6, 6.07) is 0. The summed E-state index contributed by atoms with van der Waals surface area (Å²) in [5.41, 5.74) is 2.57. The monoisotopic (exact) mass is 362 g/mol. The normalized spacial score (nSPS) is 15.2. The third-order valence-corrected chi connectivity index (χ3v) is 5.14. The second-order valence-electron chi connectivity index (χ2n) is 6.82. The quantitative estimate of drug-likeness (QED) is 0.778. The Kier molecular flexibility index (Phi) is 6.58. The molecule has 1 aromatic rings. The molecule has 7 nitrogen and oxygen atoms in total. The maximum Gasteiger partial charge on any atom is 0.270 e. The van der Waals surface area contributed by atoms with Gasteiger partial charge in [0.1, 0.15) is 5.69 Å². The fourth-order valence-corrected chi connectivity index (χ4v) is 3.63. The maximum absolute atomic E-state index is 12.8. The van der Waals surface area contributed by atoms with Crippen LogP contribution in [0.25, 0.3) is 0 Å². The molecule has 1 N–H and O–H groups in total. The van der Waals surface area contributed by atoms with Gasteiger partial charge < -0.3 is 14.8 Å². The lowest BCUT2D eigenvalue weighted by atomic mass is 10.1. The molecule has 1 saturated heterocycles. The largest absolute Gasteiger partial charge is 0.354 e. The number of aryl methyl sites for hydroxylation is 1. The number of rotatable bonds is 6. The molecule has 1 fully saturated rings. The summed E-state index contributed by atoms with van der Waals surface area (Å²) in [5, 5.41) is 0. The molecule has 0 saturated carbocycles. The highest BCUT2D eigenvalue weighted by atomic mass is 16.2. The van der Waals surface area contributed by atoms with Gasteiger partial charge in [-0.3, -0.25) is 19.3 Å². The summed E-state index contributed by atoms with van der Waals surface area (Å²) >= 11 is 0. The van der Waals surface area contributed by atoms with Crippen molar-refractivity contribution in [1.82, 2.24) is 19.7 Å². The average Bonchev–Trinajstić information content (AvgIpc) is 2.90. The zero-order chi connectivity index (χ0) is 19.4. The molecule has 2 rings (SSSR count). The van der Waals surface area contributed by atoms with Crippen LogP contribution >= 0.6 is 0 Å². The number of H-pyrrole nitrogens is 1. The highest BCUT2D eigenvalue weighted by molar-refractivity contribution is 6.02. The Morgan fingerprint density at radius 2 is 1.62 bits per heavy atom. The minimum Gasteiger partial charge on any atom is -0.354 e. The van der Waals surface area contributed by atoms with Crippen LogP contribution in [0.1, 0.15) is 52.9 Å². The second kappa shape index (κ2) is 8.49. The van der Waals surface area contributed by atoms with E-state index in [0.717, 1.165) is 24.3 Å². The van der Waals surface area contributed by atoms with E-state index >= 15 is 0 Å². The van der Waals surface area contributed by atoms with Crippen LogP contribution in [0.2, 0.25) is 0 Å². The van der Waals surface area contributed by atoms with E-state index in [2.05, 4.69) is 9.88 Å². The van der Waals surface area contributed by atoms with Crippen molar-refractivity contribution in [3.8, 4) is 0 Å². The summed E-state index contributed by atoms with van der Waals surface area (Å²) in [6.07, 6.45) is 0. The van der Waals surface area contributed by atoms with Crippen LogP contribution in [-0.2, 0) is 4.79 Å². The summed E-state index contributed by atoms with van der Waals surface area (Å²) < 4.78 is 0. The number of nitrogens with zero attached hydrogens (tertiary/aromatic N) is 3. The van der Waals surface area contributed by atoms with Crippen LogP contribution in [0, 0.1) is 13.8 Å². The number of hydrogen-bond donors (Lipinski definition) is 1. The van der Waals surface area contributed by atoms with E-state index in [1.807, 2.05) is 32.6 Å². The number of likely N-dealkylation sites (N-methyl/N-ethyl adjacent to an activating group) is 1. The van der Waals surface area contributed by atoms with Gasteiger partial charge in [0.15, 0.2) is 5.78 Å². The number of aromatic nitrogens is 1. The number of amides is 2. The van der Waals surface area contributed by atoms with Crippen LogP contribution in [0.4, 0.5) is 0 Å². The van der Waals surface area contributed by atoms with Crippen LogP contribution in [0.3, 0.4) is 0 Å². The van der Waals surface area contributed by atoms with E-state index in [0.29, 0.717) is 44.0 Å². The Hall–Kier alpha value is -2.15. The maximum atomic E-state index is 12.8. The SMILES string of the molecule is CCN(CC)C(=O)CN1CCN(C(=O)c2[nH]c(C)c(C(C)=O)c2C)CC1. The number of hydrogen-bond acceptors (Lipinski definition) is 4. The zero-order valence-corrected chi connectivity index (χ0v) is 16.5. The number of Topliss-reactive ketones (excluding diaryl/α,β-unsaturated/α-hetero) is 1. The van der Waals surface area contributed by atoms with E-state index in [9.17, 15) is 14.4 Å². The van der Waals surface area contributed by atoms with Crippen LogP contribution in [0.15, 0.2) is 0 Å². The first-order valence-corrected chi connectivity index (χ1v) is 9.29. The van der Waals surface area contributed by atoms with Gasteiger partial charge in [0, 0.05) is 50.5 Å². The fraction of sp³-hybridized carbons (Fsp3) is 0.632. The zero-order valence-electron chi connectivity index (χ0n) is 16.5. The van der Waals surface area contributed by atoms with E-state index in [1.165, 1.54) is 6.92 Å². The van der Waals surface area contributed by atoms with Gasteiger partial charge in [-0.2, -0.15) is 0 Å². The lowest BCUT2D eigenvalue weighted by molar-refractivity contribution is -0.132. The highest BCUT2D eigenvalue weighted by Crippen LogP contribution is 2.20. The van der Waals surface area contributed by atoms with Gasteiger partial charge in [-0.15, -0.1) is 0 Å². The molecular weight excluding hydrogens is 332 g/mol. The Bertz CT molecular complexity index is 683. The van der Waals surface area contributed by atoms with Gasteiger partial charge in [-0.1, -0.05) is 0 Å². The van der Waals surface area contributed by atoms with Crippen LogP contribution in [-0.4, -0.2) is 83.1 Å². The molecule has 0 radical (unpaired) electrons. The first-order valence-electron chi connectivity index (χ1n) is 9.29. The third kappa shape index (κ3) is 4.15. The Labute approximate surface area is 155 Å². The molecule has 2 amide bonds. The minimum absolute atomic E-state index is 0.0324. The first-order chi connectivity index (χ1) is 12.3. The average molecular weight is 362 g/mol. The van der Waals surface area contributed by atoms with Crippen molar-refractivity contribution < 1.29 is 14.4 Å². The Morgan fingerprint density at radius 3 is 2.08 bits per heavy atom. The molecule has 1 aliphatic heterocycles. The highest BCUT2D eigenvalue weighted by Gasteiger charge is 2.27. The molecule has 0 unspecified atom stereocenters. The second-order valence-corrected chi connectivity index (χ2v) is 6.82. The molecule has 0 aliphatic carbocycles. The van der Waals surface area contributed by atoms with Crippen molar-refractivity contribution in [3.05, 3.63) is 22.5 Å². The number of ketones is 1. The van der Waals surface area contributed by atoms with Crippen molar-refractivity contribution in [2.45, 2.75) is 34.6 Å². The molecule has 0 atom stereocenters. The van der Waals surface area contributed by atoms with E-state index in [1.54, 1.807) is 4.90 Å². The molecule has 0 aromatic carbocycles. The van der Waals surface area contributed by atoms with Crippen LogP contribution < -0.4 is 0 Å². The number of piperazine rings is 1. The van der Waals surface area contributed by atoms with Gasteiger partial charge in [0.25, 0.3) is 5.91 Å². The number of nitrogens with one attached hydrogen (secondary N) is 1. The van der Waals surface area contributed by atoms with Gasteiger partial charge in [-0.05, 0) is 40.2 Å². The predicted molar refractivity (Wildman–Crippen MR) is 101 cm³/mol. The van der Waals surface area contributed by atoms with Crippen molar-refractivity contribution in [2.24, 2.45) is 0 Å². The summed E-state index contributed by atoms with van der Waals surface area (Å²) in [7, 11) is 0. The lowest BCUT2D eigenvalue weighted by Crippen LogP contribution is -2.51. The van der Waals surface area contributed by atoms with Gasteiger partial charge in [-0.25, -0.2) is 0 Å². The van der Waals surface area contributed by atoms with E-state index in [-0.39, 0.29) is 17.6 Å². The Balaban J connectivity index is 1.98. The summed E-state index contributed by atoms with van der Waals surface area (Å²) in [6.45, 7) is 13.5. The topological polar surface area (TPSA) is 76.7 Å². The molecule has 2 heterocycles. The Morgan fingerprint density at radius 1 is 1.04 bits per heavy atom. The molecule has 0 bridgehead atoms. The van der Waals surface area contributed by atoms with Gasteiger partial charge in [0.05, 0.1) is 6.54 Å². The molecule has 1 aliphatic rings. The number of carbonyl (C=O) groups excluding carboxylic acids is 3. The summed E-state index contributed by atoms with van der Waals surface area (Å²) in [5.74, 6) is 0.0274. The predicted octanol–water partition coefficient (Wildman–Crippen LogP) is 1.46. The van der Waals surface area contributed by atoms with Crippen molar-refractivity contribution in [3.63, 3.8) is 0 Å². The molecule has 1 aromatic heterocycles.